The fourth-order valence-corrected chi connectivity index (χ4v) is 2.57. The van der Waals surface area contributed by atoms with Gasteiger partial charge in [-0.25, -0.2) is 9.97 Å². The summed E-state index contributed by atoms with van der Waals surface area (Å²) in [6.45, 7) is 2.46. The zero-order valence-electron chi connectivity index (χ0n) is 11.0. The van der Waals surface area contributed by atoms with Crippen molar-refractivity contribution in [3.63, 3.8) is 0 Å². The fourth-order valence-electron chi connectivity index (χ4n) is 1.82. The lowest BCUT2D eigenvalue weighted by atomic mass is 10.1. The van der Waals surface area contributed by atoms with Crippen LogP contribution < -0.4 is 0 Å². The molecule has 1 atom stereocenters. The van der Waals surface area contributed by atoms with Crippen molar-refractivity contribution >= 4 is 34.8 Å². The summed E-state index contributed by atoms with van der Waals surface area (Å²) in [4.78, 5) is 8.62. The van der Waals surface area contributed by atoms with Gasteiger partial charge in [0, 0.05) is 18.1 Å². The predicted molar refractivity (Wildman–Crippen MR) is 82.8 cm³/mol. The zero-order chi connectivity index (χ0) is 14.7. The van der Waals surface area contributed by atoms with Gasteiger partial charge in [-0.05, 0) is 17.7 Å². The molecule has 1 aromatic carbocycles. The van der Waals surface area contributed by atoms with Crippen LogP contribution >= 0.6 is 34.8 Å². The molecule has 2 rings (SSSR count). The predicted octanol–water partition coefficient (Wildman–Crippen LogP) is 4.85. The van der Waals surface area contributed by atoms with Crippen molar-refractivity contribution < 1.29 is 4.74 Å². The average Bonchev–Trinajstić information content (AvgIpc) is 2.40. The minimum absolute atomic E-state index is 0.0225. The summed E-state index contributed by atoms with van der Waals surface area (Å²) in [7, 11) is 1.63. The molecule has 0 saturated carbocycles. The summed E-state index contributed by atoms with van der Waals surface area (Å²) in [6.07, 6.45) is 0. The van der Waals surface area contributed by atoms with Gasteiger partial charge in [-0.3, -0.25) is 0 Å². The Morgan fingerprint density at radius 2 is 1.60 bits per heavy atom. The minimum Gasteiger partial charge on any atom is -0.384 e. The molecule has 0 aliphatic carbocycles. The van der Waals surface area contributed by atoms with Crippen LogP contribution in [0.15, 0.2) is 24.3 Å². The molecule has 1 aromatic heterocycles. The molecule has 0 aliphatic heterocycles. The Morgan fingerprint density at radius 1 is 1.05 bits per heavy atom. The number of hydrogen-bond acceptors (Lipinski definition) is 3. The van der Waals surface area contributed by atoms with Crippen molar-refractivity contribution in [2.45, 2.75) is 12.8 Å². The van der Waals surface area contributed by atoms with Gasteiger partial charge in [0.1, 0.15) is 16.1 Å². The largest absolute Gasteiger partial charge is 0.384 e. The van der Waals surface area contributed by atoms with Gasteiger partial charge in [0.05, 0.1) is 12.2 Å². The number of benzene rings is 1. The van der Waals surface area contributed by atoms with Crippen LogP contribution in [0.1, 0.15) is 18.7 Å². The van der Waals surface area contributed by atoms with E-state index < -0.39 is 0 Å². The molecule has 0 bridgehead atoms. The highest BCUT2D eigenvalue weighted by molar-refractivity contribution is 6.37. The molecule has 0 saturated heterocycles. The normalized spacial score (nSPS) is 12.4. The molecule has 0 spiro atoms. The van der Waals surface area contributed by atoms with Crippen LogP contribution in [0.3, 0.4) is 0 Å². The van der Waals surface area contributed by atoms with Gasteiger partial charge in [-0.2, -0.15) is 0 Å². The Hall–Kier alpha value is -0.870. The molecule has 0 radical (unpaired) electrons. The van der Waals surface area contributed by atoms with Crippen LogP contribution in [0.4, 0.5) is 0 Å². The zero-order valence-corrected chi connectivity index (χ0v) is 13.3. The van der Waals surface area contributed by atoms with E-state index in [-0.39, 0.29) is 5.92 Å². The fraction of sp³-hybridized carbons (Fsp3) is 0.286. The molecular formula is C14H13Cl3N2O. The maximum Gasteiger partial charge on any atom is 0.142 e. The number of methoxy groups -OCH3 is 1. The van der Waals surface area contributed by atoms with Crippen LogP contribution in [0.2, 0.25) is 15.3 Å². The van der Waals surface area contributed by atoms with E-state index in [1.54, 1.807) is 19.2 Å². The second kappa shape index (κ2) is 6.72. The van der Waals surface area contributed by atoms with Crippen molar-refractivity contribution in [1.82, 2.24) is 9.97 Å². The van der Waals surface area contributed by atoms with Crippen molar-refractivity contribution in [1.29, 1.82) is 0 Å². The van der Waals surface area contributed by atoms with Crippen LogP contribution in [0.25, 0.3) is 11.1 Å². The van der Waals surface area contributed by atoms with Gasteiger partial charge in [0.15, 0.2) is 0 Å². The molecular weight excluding hydrogens is 319 g/mol. The highest BCUT2D eigenvalue weighted by Gasteiger charge is 2.17. The van der Waals surface area contributed by atoms with Gasteiger partial charge in [-0.1, -0.05) is 53.9 Å². The Bertz CT molecular complexity index is 579. The van der Waals surface area contributed by atoms with E-state index >= 15 is 0 Å². The van der Waals surface area contributed by atoms with E-state index in [2.05, 4.69) is 9.97 Å². The maximum absolute atomic E-state index is 6.24. The molecule has 6 heteroatoms. The molecule has 1 unspecified atom stereocenters. The summed E-state index contributed by atoms with van der Waals surface area (Å²) in [5.74, 6) is 0.592. The van der Waals surface area contributed by atoms with E-state index in [1.807, 2.05) is 19.1 Å². The maximum atomic E-state index is 6.24. The first-order valence-corrected chi connectivity index (χ1v) is 7.14. The number of hydrogen-bond donors (Lipinski definition) is 0. The first-order valence-electron chi connectivity index (χ1n) is 6.00. The summed E-state index contributed by atoms with van der Waals surface area (Å²) >= 11 is 18.4. The van der Waals surface area contributed by atoms with Gasteiger partial charge < -0.3 is 4.74 Å². The lowest BCUT2D eigenvalue weighted by Crippen LogP contribution is -2.08. The van der Waals surface area contributed by atoms with Gasteiger partial charge in [-0.15, -0.1) is 0 Å². The van der Waals surface area contributed by atoms with Gasteiger partial charge in [0.25, 0.3) is 0 Å². The Labute approximate surface area is 132 Å². The lowest BCUT2D eigenvalue weighted by molar-refractivity contribution is 0.181. The second-order valence-corrected chi connectivity index (χ2v) is 5.55. The van der Waals surface area contributed by atoms with E-state index in [1.165, 1.54) is 0 Å². The van der Waals surface area contributed by atoms with Crippen LogP contribution in [-0.2, 0) is 4.74 Å². The highest BCUT2D eigenvalue weighted by atomic mass is 35.5. The first-order chi connectivity index (χ1) is 9.52. The third kappa shape index (κ3) is 3.41. The smallest absolute Gasteiger partial charge is 0.142 e. The molecule has 20 heavy (non-hydrogen) atoms. The molecule has 0 amide bonds. The second-order valence-electron chi connectivity index (χ2n) is 4.40. The molecule has 1 heterocycles. The van der Waals surface area contributed by atoms with E-state index in [4.69, 9.17) is 39.5 Å². The minimum atomic E-state index is 0.0225. The van der Waals surface area contributed by atoms with Crippen molar-refractivity contribution in [3.05, 3.63) is 45.4 Å². The summed E-state index contributed by atoms with van der Waals surface area (Å²) in [5, 5.41) is 1.29. The number of halogens is 3. The van der Waals surface area contributed by atoms with Crippen LogP contribution in [0.5, 0.6) is 0 Å². The Morgan fingerprint density at radius 3 is 2.10 bits per heavy atom. The SMILES string of the molecule is COCC(C)c1nc(Cl)c(-c2ccc(Cl)cc2)c(Cl)n1. The summed E-state index contributed by atoms with van der Waals surface area (Å²) in [5.41, 5.74) is 1.44. The topological polar surface area (TPSA) is 35.0 Å². The summed E-state index contributed by atoms with van der Waals surface area (Å²) < 4.78 is 5.08. The molecule has 0 N–H and O–H groups in total. The van der Waals surface area contributed by atoms with E-state index in [0.29, 0.717) is 33.3 Å². The lowest BCUT2D eigenvalue weighted by Gasteiger charge is -2.12. The Balaban J connectivity index is 2.43. The molecule has 0 aliphatic rings. The molecule has 2 aromatic rings. The van der Waals surface area contributed by atoms with Crippen molar-refractivity contribution in [2.75, 3.05) is 13.7 Å². The van der Waals surface area contributed by atoms with Gasteiger partial charge in [0.2, 0.25) is 0 Å². The average molecular weight is 332 g/mol. The number of rotatable bonds is 4. The third-order valence-corrected chi connectivity index (χ3v) is 3.63. The van der Waals surface area contributed by atoms with Crippen molar-refractivity contribution in [3.8, 4) is 11.1 Å². The number of ether oxygens (including phenoxy) is 1. The quantitative estimate of drug-likeness (QED) is 0.751. The van der Waals surface area contributed by atoms with Gasteiger partial charge >= 0.3 is 0 Å². The molecule has 0 fully saturated rings. The van der Waals surface area contributed by atoms with Crippen molar-refractivity contribution in [2.24, 2.45) is 0 Å². The number of aromatic nitrogens is 2. The Kier molecular flexibility index (Phi) is 5.22. The molecule has 3 nitrogen and oxygen atoms in total. The standard InChI is InChI=1S/C14H13Cl3N2O/c1-8(7-20-2)14-18-12(16)11(13(17)19-14)9-3-5-10(15)6-4-9/h3-6,8H,7H2,1-2H3. The highest BCUT2D eigenvalue weighted by Crippen LogP contribution is 2.33. The first kappa shape index (κ1) is 15.5. The van der Waals surface area contributed by atoms with E-state index in [9.17, 15) is 0 Å². The molecule has 106 valence electrons. The van der Waals surface area contributed by atoms with Crippen LogP contribution in [0, 0.1) is 0 Å². The number of nitrogens with zero attached hydrogens (tertiary/aromatic N) is 2. The monoisotopic (exact) mass is 330 g/mol. The van der Waals surface area contributed by atoms with Crippen LogP contribution in [-0.4, -0.2) is 23.7 Å². The van der Waals surface area contributed by atoms with E-state index in [0.717, 1.165) is 5.56 Å². The summed E-state index contributed by atoms with van der Waals surface area (Å²) in [6, 6.07) is 7.20. The third-order valence-electron chi connectivity index (χ3n) is 2.83.